The quantitative estimate of drug-likeness (QED) is 0.728. The third-order valence-corrected chi connectivity index (χ3v) is 4.93. The Labute approximate surface area is 162 Å². The number of carbonyl (C=O) groups excluding carboxylic acids is 2. The zero-order chi connectivity index (χ0) is 20.1. The summed E-state index contributed by atoms with van der Waals surface area (Å²) in [5.74, 6) is -1.03. The van der Waals surface area contributed by atoms with Crippen LogP contribution >= 0.6 is 0 Å². The van der Waals surface area contributed by atoms with Gasteiger partial charge in [0.05, 0.1) is 12.3 Å². The molecule has 3 rings (SSSR count). The number of carbonyl (C=O) groups is 2. The molecule has 28 heavy (non-hydrogen) atoms. The number of benzene rings is 1. The van der Waals surface area contributed by atoms with Crippen LogP contribution in [0.3, 0.4) is 0 Å². The third-order valence-electron chi connectivity index (χ3n) is 4.93. The molecule has 1 aromatic carbocycles. The molecule has 1 saturated heterocycles. The molecule has 2 amide bonds. The summed E-state index contributed by atoms with van der Waals surface area (Å²) in [6.07, 6.45) is 3.60. The van der Waals surface area contributed by atoms with Gasteiger partial charge in [-0.2, -0.15) is 0 Å². The third kappa shape index (κ3) is 3.59. The smallest absolute Gasteiger partial charge is 0.255 e. The molecule has 0 bridgehead atoms. The van der Waals surface area contributed by atoms with E-state index in [1.54, 1.807) is 24.5 Å². The van der Waals surface area contributed by atoms with Crippen LogP contribution in [0.2, 0.25) is 0 Å². The number of hydrogen-bond donors (Lipinski definition) is 2. The van der Waals surface area contributed by atoms with Crippen LogP contribution in [-0.2, 0) is 9.63 Å². The van der Waals surface area contributed by atoms with Crippen molar-refractivity contribution in [1.82, 2.24) is 9.88 Å². The standard InChI is InChI=1S/C20H22N4O4/c1-28-23-17-11-20(8-10-25,19(21)27)24(13-17)18(26)15-6-4-14(5-7-15)16-3-2-9-22-12-16/h2-7,9,12,25H,8,10-11,13H2,1H3,(H2,21,27). The van der Waals surface area contributed by atoms with Gasteiger partial charge >= 0.3 is 0 Å². The summed E-state index contributed by atoms with van der Waals surface area (Å²) in [5, 5.41) is 13.4. The highest BCUT2D eigenvalue weighted by Gasteiger charge is 2.51. The second kappa shape index (κ2) is 8.18. The first kappa shape index (κ1) is 19.5. The molecule has 1 aromatic heterocycles. The van der Waals surface area contributed by atoms with Gasteiger partial charge in [0.15, 0.2) is 0 Å². The summed E-state index contributed by atoms with van der Waals surface area (Å²) in [5.41, 5.74) is 7.10. The zero-order valence-corrected chi connectivity index (χ0v) is 15.5. The fourth-order valence-corrected chi connectivity index (χ4v) is 3.53. The summed E-state index contributed by atoms with van der Waals surface area (Å²) in [6, 6.07) is 10.8. The molecular formula is C20H22N4O4. The van der Waals surface area contributed by atoms with Crippen LogP contribution in [0.4, 0.5) is 0 Å². The first-order valence-electron chi connectivity index (χ1n) is 8.84. The SMILES string of the molecule is CON=C1CN(C(=O)c2ccc(-c3cccnc3)cc2)C(CCO)(C(N)=O)C1. The van der Waals surface area contributed by atoms with E-state index >= 15 is 0 Å². The van der Waals surface area contributed by atoms with Gasteiger partial charge in [0.25, 0.3) is 5.91 Å². The minimum Gasteiger partial charge on any atom is -0.399 e. The highest BCUT2D eigenvalue weighted by Crippen LogP contribution is 2.33. The minimum atomic E-state index is -1.33. The lowest BCUT2D eigenvalue weighted by Crippen LogP contribution is -2.56. The lowest BCUT2D eigenvalue weighted by atomic mass is 9.90. The summed E-state index contributed by atoms with van der Waals surface area (Å²) in [4.78, 5) is 35.7. The molecule has 0 saturated carbocycles. The summed E-state index contributed by atoms with van der Waals surface area (Å²) in [6.45, 7) is -0.174. The normalized spacial score (nSPS) is 20.4. The molecular weight excluding hydrogens is 360 g/mol. The van der Waals surface area contributed by atoms with E-state index < -0.39 is 11.4 Å². The molecule has 0 radical (unpaired) electrons. The summed E-state index contributed by atoms with van der Waals surface area (Å²) >= 11 is 0. The van der Waals surface area contributed by atoms with Crippen molar-refractivity contribution in [3.05, 3.63) is 54.4 Å². The van der Waals surface area contributed by atoms with Crippen molar-refractivity contribution in [3.8, 4) is 11.1 Å². The molecule has 8 heteroatoms. The van der Waals surface area contributed by atoms with Gasteiger partial charge < -0.3 is 20.6 Å². The number of aliphatic hydroxyl groups is 1. The Morgan fingerprint density at radius 3 is 2.61 bits per heavy atom. The predicted molar refractivity (Wildman–Crippen MR) is 103 cm³/mol. The number of nitrogens with two attached hydrogens (primary N) is 1. The fraction of sp³-hybridized carbons (Fsp3) is 0.300. The lowest BCUT2D eigenvalue weighted by molar-refractivity contribution is -0.128. The Hall–Kier alpha value is -3.26. The molecule has 1 unspecified atom stereocenters. The van der Waals surface area contributed by atoms with Crippen LogP contribution in [0, 0.1) is 0 Å². The Morgan fingerprint density at radius 1 is 1.29 bits per heavy atom. The number of oxime groups is 1. The Morgan fingerprint density at radius 2 is 2.04 bits per heavy atom. The van der Waals surface area contributed by atoms with Gasteiger partial charge in [0, 0.05) is 37.4 Å². The van der Waals surface area contributed by atoms with Gasteiger partial charge in [-0.05, 0) is 29.3 Å². The number of amides is 2. The molecule has 2 heterocycles. The van der Waals surface area contributed by atoms with Gasteiger partial charge in [-0.1, -0.05) is 23.4 Å². The Bertz CT molecular complexity index is 883. The van der Waals surface area contributed by atoms with Crippen molar-refractivity contribution < 1.29 is 19.5 Å². The van der Waals surface area contributed by atoms with Gasteiger partial charge in [0.2, 0.25) is 5.91 Å². The number of aromatic nitrogens is 1. The number of nitrogens with zero attached hydrogens (tertiary/aromatic N) is 3. The maximum Gasteiger partial charge on any atom is 0.255 e. The summed E-state index contributed by atoms with van der Waals surface area (Å²) in [7, 11) is 1.40. The van der Waals surface area contributed by atoms with Crippen LogP contribution in [0.15, 0.2) is 53.9 Å². The van der Waals surface area contributed by atoms with E-state index in [1.165, 1.54) is 12.0 Å². The van der Waals surface area contributed by atoms with E-state index in [1.807, 2.05) is 24.3 Å². The average molecular weight is 382 g/mol. The molecule has 0 spiro atoms. The second-order valence-electron chi connectivity index (χ2n) is 6.60. The van der Waals surface area contributed by atoms with Crippen molar-refractivity contribution >= 4 is 17.5 Å². The van der Waals surface area contributed by atoms with E-state index in [0.29, 0.717) is 11.3 Å². The second-order valence-corrected chi connectivity index (χ2v) is 6.60. The highest BCUT2D eigenvalue weighted by molar-refractivity contribution is 6.07. The van der Waals surface area contributed by atoms with Crippen molar-refractivity contribution in [2.45, 2.75) is 18.4 Å². The fourth-order valence-electron chi connectivity index (χ4n) is 3.53. The van der Waals surface area contributed by atoms with Gasteiger partial charge in [0.1, 0.15) is 12.6 Å². The van der Waals surface area contributed by atoms with Gasteiger partial charge in [-0.15, -0.1) is 0 Å². The Balaban J connectivity index is 1.92. The van der Waals surface area contributed by atoms with Gasteiger partial charge in [-0.25, -0.2) is 0 Å². The van der Waals surface area contributed by atoms with E-state index in [2.05, 4.69) is 10.1 Å². The molecule has 2 aromatic rings. The number of primary amides is 1. The van der Waals surface area contributed by atoms with Crippen LogP contribution in [0.25, 0.3) is 11.1 Å². The number of likely N-dealkylation sites (tertiary alicyclic amines) is 1. The highest BCUT2D eigenvalue weighted by atomic mass is 16.6. The first-order chi connectivity index (χ1) is 13.5. The number of pyridine rings is 1. The van der Waals surface area contributed by atoms with E-state index in [4.69, 9.17) is 10.6 Å². The van der Waals surface area contributed by atoms with Crippen molar-refractivity contribution in [1.29, 1.82) is 0 Å². The maximum atomic E-state index is 13.2. The zero-order valence-electron chi connectivity index (χ0n) is 15.5. The molecule has 1 aliphatic rings. The monoisotopic (exact) mass is 382 g/mol. The maximum absolute atomic E-state index is 13.2. The van der Waals surface area contributed by atoms with E-state index in [0.717, 1.165) is 11.1 Å². The molecule has 0 aliphatic carbocycles. The van der Waals surface area contributed by atoms with E-state index in [-0.39, 0.29) is 31.9 Å². The van der Waals surface area contributed by atoms with Crippen molar-refractivity contribution in [3.63, 3.8) is 0 Å². The number of hydrogen-bond acceptors (Lipinski definition) is 6. The largest absolute Gasteiger partial charge is 0.399 e. The van der Waals surface area contributed by atoms with Crippen LogP contribution in [-0.4, -0.2) is 58.3 Å². The van der Waals surface area contributed by atoms with E-state index in [9.17, 15) is 14.7 Å². The topological polar surface area (TPSA) is 118 Å². The molecule has 146 valence electrons. The average Bonchev–Trinajstić information content (AvgIpc) is 3.08. The lowest BCUT2D eigenvalue weighted by Gasteiger charge is -2.34. The molecule has 1 aliphatic heterocycles. The van der Waals surface area contributed by atoms with Crippen LogP contribution < -0.4 is 5.73 Å². The van der Waals surface area contributed by atoms with Gasteiger partial charge in [-0.3, -0.25) is 14.6 Å². The minimum absolute atomic E-state index is 0.0323. The summed E-state index contributed by atoms with van der Waals surface area (Å²) < 4.78 is 0. The number of rotatable bonds is 6. The van der Waals surface area contributed by atoms with Crippen molar-refractivity contribution in [2.75, 3.05) is 20.3 Å². The molecule has 1 fully saturated rings. The molecule has 1 atom stereocenters. The Kier molecular flexibility index (Phi) is 5.70. The van der Waals surface area contributed by atoms with Crippen LogP contribution in [0.1, 0.15) is 23.2 Å². The molecule has 3 N–H and O–H groups in total. The van der Waals surface area contributed by atoms with Crippen LogP contribution in [0.5, 0.6) is 0 Å². The molecule has 8 nitrogen and oxygen atoms in total. The van der Waals surface area contributed by atoms with Crippen molar-refractivity contribution in [2.24, 2.45) is 10.9 Å². The predicted octanol–water partition coefficient (Wildman–Crippen LogP) is 1.20. The number of aliphatic hydroxyl groups excluding tert-OH is 1. The first-order valence-corrected chi connectivity index (χ1v) is 8.84.